The average molecular weight is 462 g/mol. The summed E-state index contributed by atoms with van der Waals surface area (Å²) in [7, 11) is 0. The van der Waals surface area contributed by atoms with Crippen molar-refractivity contribution >= 4 is 17.8 Å². The summed E-state index contributed by atoms with van der Waals surface area (Å²) in [6, 6.07) is 0. The Labute approximate surface area is 196 Å². The molecule has 2 rings (SSSR count). The van der Waals surface area contributed by atoms with Crippen molar-refractivity contribution in [2.75, 3.05) is 0 Å². The number of hydrogen-bond acceptors (Lipinski definition) is 7. The molecule has 2 N–H and O–H groups in total. The minimum atomic E-state index is -1.23. The number of aryl methyl sites for hydroxylation is 1. The molecule has 1 aliphatic heterocycles. The van der Waals surface area contributed by atoms with Crippen LogP contribution in [0.15, 0.2) is 28.4 Å². The van der Waals surface area contributed by atoms with Crippen LogP contribution in [-0.4, -0.2) is 45.3 Å². The quantitative estimate of drug-likeness (QED) is 0.496. The zero-order chi connectivity index (χ0) is 24.8. The number of nitrogens with zero attached hydrogens (tertiary/aromatic N) is 1. The number of carbonyl (C=O) groups is 2. The number of aliphatic hydroxyl groups is 2. The van der Waals surface area contributed by atoms with Gasteiger partial charge < -0.3 is 19.4 Å². The minimum absolute atomic E-state index is 0.0491. The fourth-order valence-corrected chi connectivity index (χ4v) is 4.18. The standard InChI is InChI=1S/C26H39NO6/c1-16-11-9-7-8-10-12-21(17(2)13-20-15-32-19(4)27-20)33-23(29)14-22(28)26(5,6)25(31)18(3)24(16)30/h8,10,13,15-16,18,21-22,24,28,30H,7,9,11-12,14H2,1-6H3/b10-8?,17-13+/t16-,18+,21-,22-,24-/m0/s1. The molecule has 2 heterocycles. The highest BCUT2D eigenvalue weighted by Crippen LogP contribution is 2.32. The molecule has 0 aromatic carbocycles. The average Bonchev–Trinajstić information content (AvgIpc) is 3.16. The SMILES string of the molecule is C/C(=C\c1coc(C)n1)[C@@H]1CC=CCCC[C@H](C)[C@H](O)[C@@H](C)C(=O)C(C)(C)[C@@H](O)CC(=O)O1. The fourth-order valence-electron chi connectivity index (χ4n) is 4.18. The third-order valence-electron chi connectivity index (χ3n) is 6.68. The van der Waals surface area contributed by atoms with E-state index in [0.29, 0.717) is 18.0 Å². The number of allylic oxidation sites excluding steroid dienone is 1. The van der Waals surface area contributed by atoms with Crippen LogP contribution in [-0.2, 0) is 14.3 Å². The van der Waals surface area contributed by atoms with Crippen LogP contribution < -0.4 is 0 Å². The minimum Gasteiger partial charge on any atom is -0.457 e. The lowest BCUT2D eigenvalue weighted by molar-refractivity contribution is -0.154. The van der Waals surface area contributed by atoms with Crippen LogP contribution in [0.1, 0.15) is 78.3 Å². The predicted octanol–water partition coefficient (Wildman–Crippen LogP) is 4.41. The number of cyclic esters (lactones) is 1. The van der Waals surface area contributed by atoms with Crippen LogP contribution in [0.2, 0.25) is 0 Å². The second kappa shape index (κ2) is 11.7. The van der Waals surface area contributed by atoms with Crippen LogP contribution in [0.5, 0.6) is 0 Å². The Morgan fingerprint density at radius 1 is 1.21 bits per heavy atom. The van der Waals surface area contributed by atoms with Gasteiger partial charge in [-0.3, -0.25) is 9.59 Å². The fraction of sp³-hybridized carbons (Fsp3) is 0.654. The van der Waals surface area contributed by atoms with Gasteiger partial charge in [0, 0.05) is 19.3 Å². The van der Waals surface area contributed by atoms with E-state index in [-0.39, 0.29) is 18.1 Å². The lowest BCUT2D eigenvalue weighted by Crippen LogP contribution is -2.45. The lowest BCUT2D eigenvalue weighted by Gasteiger charge is -2.34. The van der Waals surface area contributed by atoms with Gasteiger partial charge in [0.1, 0.15) is 23.8 Å². The molecule has 0 unspecified atom stereocenters. The van der Waals surface area contributed by atoms with E-state index >= 15 is 0 Å². The Morgan fingerprint density at radius 2 is 1.91 bits per heavy atom. The zero-order valence-corrected chi connectivity index (χ0v) is 20.7. The highest BCUT2D eigenvalue weighted by molar-refractivity contribution is 5.88. The molecule has 0 saturated carbocycles. The van der Waals surface area contributed by atoms with Gasteiger partial charge in [-0.15, -0.1) is 0 Å². The molecule has 1 aromatic rings. The van der Waals surface area contributed by atoms with E-state index in [4.69, 9.17) is 9.15 Å². The number of aromatic nitrogens is 1. The number of rotatable bonds is 2. The Kier molecular flexibility index (Phi) is 9.61. The van der Waals surface area contributed by atoms with Crippen LogP contribution in [0.3, 0.4) is 0 Å². The molecule has 33 heavy (non-hydrogen) atoms. The second-order valence-corrected chi connectivity index (χ2v) is 9.86. The van der Waals surface area contributed by atoms with Crippen molar-refractivity contribution < 1.29 is 29.0 Å². The van der Waals surface area contributed by atoms with Crippen molar-refractivity contribution in [2.45, 2.75) is 92.0 Å². The van der Waals surface area contributed by atoms with E-state index in [1.807, 2.05) is 32.1 Å². The van der Waals surface area contributed by atoms with Crippen LogP contribution in [0.4, 0.5) is 0 Å². The van der Waals surface area contributed by atoms with Crippen molar-refractivity contribution in [1.29, 1.82) is 0 Å². The lowest BCUT2D eigenvalue weighted by atomic mass is 9.73. The highest BCUT2D eigenvalue weighted by atomic mass is 16.5. The van der Waals surface area contributed by atoms with E-state index < -0.39 is 35.6 Å². The molecule has 1 aromatic heterocycles. The molecular formula is C26H39NO6. The molecule has 7 nitrogen and oxygen atoms in total. The molecule has 0 radical (unpaired) electrons. The smallest absolute Gasteiger partial charge is 0.309 e. The van der Waals surface area contributed by atoms with Gasteiger partial charge in [0.15, 0.2) is 5.89 Å². The Hall–Kier alpha value is -2.25. The summed E-state index contributed by atoms with van der Waals surface area (Å²) in [6.45, 7) is 10.5. The third-order valence-corrected chi connectivity index (χ3v) is 6.68. The Balaban J connectivity index is 2.27. The molecular weight excluding hydrogens is 422 g/mol. The molecule has 0 aliphatic carbocycles. The number of ketones is 1. The van der Waals surface area contributed by atoms with Crippen molar-refractivity contribution in [1.82, 2.24) is 4.98 Å². The summed E-state index contributed by atoms with van der Waals surface area (Å²) in [6.07, 6.45) is 7.50. The first-order valence-corrected chi connectivity index (χ1v) is 11.8. The van der Waals surface area contributed by atoms with E-state index in [2.05, 4.69) is 4.98 Å². The van der Waals surface area contributed by atoms with E-state index in [9.17, 15) is 19.8 Å². The molecule has 0 bridgehead atoms. The number of ether oxygens (including phenoxy) is 1. The van der Waals surface area contributed by atoms with Gasteiger partial charge in [0.05, 0.1) is 24.0 Å². The van der Waals surface area contributed by atoms with Crippen molar-refractivity contribution in [2.24, 2.45) is 17.3 Å². The maximum atomic E-state index is 13.1. The zero-order valence-electron chi connectivity index (χ0n) is 20.7. The summed E-state index contributed by atoms with van der Waals surface area (Å²) < 4.78 is 11.0. The monoisotopic (exact) mass is 461 g/mol. The maximum absolute atomic E-state index is 13.1. The van der Waals surface area contributed by atoms with Gasteiger partial charge in [-0.25, -0.2) is 4.98 Å². The van der Waals surface area contributed by atoms with E-state index in [1.54, 1.807) is 34.0 Å². The number of aliphatic hydroxyl groups excluding tert-OH is 2. The van der Waals surface area contributed by atoms with Crippen molar-refractivity contribution in [3.05, 3.63) is 35.6 Å². The van der Waals surface area contributed by atoms with E-state index in [0.717, 1.165) is 24.8 Å². The number of esters is 1. The summed E-state index contributed by atoms with van der Waals surface area (Å²) in [5.74, 6) is -0.991. The van der Waals surface area contributed by atoms with Gasteiger partial charge in [0.2, 0.25) is 0 Å². The highest BCUT2D eigenvalue weighted by Gasteiger charge is 2.42. The van der Waals surface area contributed by atoms with Crippen LogP contribution in [0.25, 0.3) is 6.08 Å². The normalized spacial score (nSPS) is 30.8. The Morgan fingerprint density at radius 3 is 2.55 bits per heavy atom. The van der Waals surface area contributed by atoms with Crippen LogP contribution in [0, 0.1) is 24.2 Å². The second-order valence-electron chi connectivity index (χ2n) is 9.86. The molecule has 0 amide bonds. The number of hydrogen-bond donors (Lipinski definition) is 2. The number of carbonyl (C=O) groups excluding carboxylic acids is 2. The molecule has 0 fully saturated rings. The van der Waals surface area contributed by atoms with Gasteiger partial charge in [-0.2, -0.15) is 0 Å². The summed E-state index contributed by atoms with van der Waals surface area (Å²) >= 11 is 0. The largest absolute Gasteiger partial charge is 0.457 e. The van der Waals surface area contributed by atoms with Gasteiger partial charge in [0.25, 0.3) is 0 Å². The van der Waals surface area contributed by atoms with Crippen molar-refractivity contribution in [3.63, 3.8) is 0 Å². The summed E-state index contributed by atoms with van der Waals surface area (Å²) in [5.41, 5.74) is 0.248. The molecule has 0 spiro atoms. The summed E-state index contributed by atoms with van der Waals surface area (Å²) in [5, 5.41) is 21.5. The maximum Gasteiger partial charge on any atom is 0.309 e. The molecule has 184 valence electrons. The predicted molar refractivity (Wildman–Crippen MR) is 126 cm³/mol. The van der Waals surface area contributed by atoms with Gasteiger partial charge in [-0.1, -0.05) is 39.8 Å². The number of Topliss-reactive ketones (excluding diaryl/α,β-unsaturated/α-hetero) is 1. The van der Waals surface area contributed by atoms with Crippen LogP contribution >= 0.6 is 0 Å². The summed E-state index contributed by atoms with van der Waals surface area (Å²) in [4.78, 5) is 30.1. The first kappa shape index (κ1) is 27.0. The van der Waals surface area contributed by atoms with Gasteiger partial charge >= 0.3 is 5.97 Å². The third kappa shape index (κ3) is 7.37. The van der Waals surface area contributed by atoms with Gasteiger partial charge in [-0.05, 0) is 43.8 Å². The van der Waals surface area contributed by atoms with Crippen molar-refractivity contribution in [3.8, 4) is 0 Å². The number of oxazole rings is 1. The molecule has 7 heteroatoms. The molecule has 1 aliphatic rings. The molecule has 0 saturated heterocycles. The first-order valence-electron chi connectivity index (χ1n) is 11.8. The topological polar surface area (TPSA) is 110 Å². The Bertz CT molecular complexity index is 868. The van der Waals surface area contributed by atoms with E-state index in [1.165, 1.54) is 0 Å². The first-order chi connectivity index (χ1) is 15.4. The molecule has 5 atom stereocenters.